The van der Waals surface area contributed by atoms with Crippen LogP contribution in [0.5, 0.6) is 0 Å². The van der Waals surface area contributed by atoms with Gasteiger partial charge in [-0.2, -0.15) is 0 Å². The molecule has 2 aromatic rings. The monoisotopic (exact) mass is 646 g/mol. The van der Waals surface area contributed by atoms with Crippen LogP contribution < -0.4 is 10.6 Å². The molecule has 0 aliphatic heterocycles. The van der Waals surface area contributed by atoms with Gasteiger partial charge in [0.25, 0.3) is 0 Å². The van der Waals surface area contributed by atoms with E-state index in [2.05, 4.69) is 78.1 Å². The van der Waals surface area contributed by atoms with Crippen molar-refractivity contribution in [3.63, 3.8) is 0 Å². The lowest BCUT2D eigenvalue weighted by Gasteiger charge is -2.45. The van der Waals surface area contributed by atoms with Gasteiger partial charge in [0.1, 0.15) is 7.14 Å². The van der Waals surface area contributed by atoms with Gasteiger partial charge in [0.05, 0.1) is 6.10 Å². The van der Waals surface area contributed by atoms with E-state index in [0.717, 1.165) is 29.1 Å². The minimum Gasteiger partial charge on any atom is -0.414 e. The Morgan fingerprint density at radius 2 is 1.62 bits per heavy atom. The molecule has 3 nitrogen and oxygen atoms in total. The Morgan fingerprint density at radius 1 is 1.00 bits per heavy atom. The third kappa shape index (κ3) is 6.05. The summed E-state index contributed by atoms with van der Waals surface area (Å²) in [5.41, 5.74) is 2.18. The summed E-state index contributed by atoms with van der Waals surface area (Å²) in [6, 6.07) is 20.6. The summed E-state index contributed by atoms with van der Waals surface area (Å²) in [5, 5.41) is 2.25. The summed E-state index contributed by atoms with van der Waals surface area (Å²) >= 11 is 0. The zero-order chi connectivity index (χ0) is 32.3. The highest BCUT2D eigenvalue weighted by atomic mass is 31.2. The van der Waals surface area contributed by atoms with E-state index in [1.54, 1.807) is 5.57 Å². The summed E-state index contributed by atoms with van der Waals surface area (Å²) < 4.78 is 28.3. The van der Waals surface area contributed by atoms with E-state index in [1.807, 2.05) is 43.5 Å². The molecule has 2 aromatic carbocycles. The van der Waals surface area contributed by atoms with Crippen LogP contribution in [0.4, 0.5) is 0 Å². The summed E-state index contributed by atoms with van der Waals surface area (Å²) in [7, 11) is -2.58. The molecule has 45 heavy (non-hydrogen) atoms. The minimum atomic E-state index is -2.75. The molecular formula is C40H59O3PSi. The standard InChI is InChI=1S/C40H59O3PSi/c1-29(28-44(41,33-17-11-9-12-18-33)34-19-13-10-14-20-34)35-21-22-36-30(16-15-23-39(35,36)5)24-37(42-6)40-26-31(40)25-32(27-40)43-45(7,8)38(2,3)4/h9-14,17-20,24,29,31-32,35-37H,15-16,21-23,25-28H2,1-8H3/t29-,31?,32+,35?,36?,37?,39-,40?/m1/s1. The van der Waals surface area contributed by atoms with E-state index in [9.17, 15) is 0 Å². The second kappa shape index (κ2) is 12.2. The molecule has 4 fully saturated rings. The van der Waals surface area contributed by atoms with Crippen LogP contribution in [0.1, 0.15) is 86.0 Å². The molecule has 4 aliphatic carbocycles. The Labute approximate surface area is 275 Å². The second-order valence-corrected chi connectivity index (χ2v) is 24.8. The molecule has 8 atom stereocenters. The van der Waals surface area contributed by atoms with Crippen molar-refractivity contribution >= 4 is 26.1 Å². The zero-order valence-electron chi connectivity index (χ0n) is 29.4. The van der Waals surface area contributed by atoms with Gasteiger partial charge >= 0.3 is 0 Å². The fourth-order valence-electron chi connectivity index (χ4n) is 10.0. The van der Waals surface area contributed by atoms with Crippen LogP contribution in [-0.4, -0.2) is 33.8 Å². The molecule has 246 valence electrons. The van der Waals surface area contributed by atoms with Gasteiger partial charge in [-0.15, -0.1) is 0 Å². The van der Waals surface area contributed by atoms with Crippen LogP contribution in [0.3, 0.4) is 0 Å². The van der Waals surface area contributed by atoms with Crippen LogP contribution in [0.15, 0.2) is 72.3 Å². The normalized spacial score (nSPS) is 33.9. The highest BCUT2D eigenvalue weighted by Crippen LogP contribution is 2.68. The number of rotatable bonds is 10. The van der Waals surface area contributed by atoms with Gasteiger partial charge in [0.2, 0.25) is 0 Å². The molecule has 0 amide bonds. The lowest BCUT2D eigenvalue weighted by Crippen LogP contribution is -2.44. The van der Waals surface area contributed by atoms with Gasteiger partial charge < -0.3 is 13.7 Å². The molecule has 0 bridgehead atoms. The maximum Gasteiger partial charge on any atom is 0.192 e. The smallest absolute Gasteiger partial charge is 0.192 e. The quantitative estimate of drug-likeness (QED) is 0.146. The Balaban J connectivity index is 1.20. The summed E-state index contributed by atoms with van der Waals surface area (Å²) in [4.78, 5) is 0. The van der Waals surface area contributed by atoms with Crippen LogP contribution in [-0.2, 0) is 13.7 Å². The molecule has 6 rings (SSSR count). The Morgan fingerprint density at radius 3 is 2.20 bits per heavy atom. The molecule has 0 heterocycles. The first kappa shape index (κ1) is 33.4. The Hall–Kier alpha value is -1.45. The molecule has 0 saturated heterocycles. The van der Waals surface area contributed by atoms with Gasteiger partial charge in [0.15, 0.2) is 8.32 Å². The van der Waals surface area contributed by atoms with Gasteiger partial charge in [-0.25, -0.2) is 0 Å². The van der Waals surface area contributed by atoms with Gasteiger partial charge in [0, 0.05) is 35.4 Å². The van der Waals surface area contributed by atoms with Crippen molar-refractivity contribution in [2.75, 3.05) is 13.3 Å². The van der Waals surface area contributed by atoms with Crippen molar-refractivity contribution in [1.82, 2.24) is 0 Å². The second-order valence-electron chi connectivity index (χ2n) is 17.1. The number of allylic oxidation sites excluding steroid dienone is 1. The van der Waals surface area contributed by atoms with E-state index in [4.69, 9.17) is 9.16 Å². The number of hydrogen-bond acceptors (Lipinski definition) is 3. The first-order valence-electron chi connectivity index (χ1n) is 17.8. The molecule has 0 N–H and O–H groups in total. The van der Waals surface area contributed by atoms with E-state index >= 15 is 4.57 Å². The molecule has 0 aromatic heterocycles. The van der Waals surface area contributed by atoms with Crippen molar-refractivity contribution in [3.05, 3.63) is 72.3 Å². The Kier molecular flexibility index (Phi) is 9.08. The van der Waals surface area contributed by atoms with Crippen molar-refractivity contribution in [2.24, 2.45) is 34.5 Å². The van der Waals surface area contributed by atoms with Crippen molar-refractivity contribution in [3.8, 4) is 0 Å². The average molecular weight is 647 g/mol. The van der Waals surface area contributed by atoms with Crippen molar-refractivity contribution in [2.45, 2.75) is 116 Å². The fourth-order valence-corrected chi connectivity index (χ4v) is 14.5. The third-order valence-corrected chi connectivity index (χ3v) is 21.4. The molecule has 0 radical (unpaired) electrons. The van der Waals surface area contributed by atoms with Crippen LogP contribution in [0.25, 0.3) is 0 Å². The van der Waals surface area contributed by atoms with Gasteiger partial charge in [-0.3, -0.25) is 0 Å². The fraction of sp³-hybridized carbons (Fsp3) is 0.650. The SMILES string of the molecule is COC(C=C1CCC[C@@]2(C)C1CCC2[C@H](C)CP(=O)(c1ccccc1)c1ccccc1)C12CC1C[C@H](O[Si](C)(C)C(C)(C)C)C2. The van der Waals surface area contributed by atoms with E-state index in [1.165, 1.54) is 44.9 Å². The average Bonchev–Trinajstić information content (AvgIpc) is 3.37. The minimum absolute atomic E-state index is 0.195. The summed E-state index contributed by atoms with van der Waals surface area (Å²) in [5.74, 6) is 2.32. The predicted octanol–water partition coefficient (Wildman–Crippen LogP) is 9.98. The lowest BCUT2D eigenvalue weighted by atomic mass is 9.61. The topological polar surface area (TPSA) is 35.5 Å². The third-order valence-electron chi connectivity index (χ3n) is 13.5. The molecule has 0 spiro atoms. The number of fused-ring (bicyclic) bond motifs is 2. The van der Waals surface area contributed by atoms with Crippen molar-refractivity contribution in [1.29, 1.82) is 0 Å². The van der Waals surface area contributed by atoms with E-state index < -0.39 is 15.5 Å². The first-order valence-corrected chi connectivity index (χ1v) is 22.6. The molecule has 4 saturated carbocycles. The lowest BCUT2D eigenvalue weighted by molar-refractivity contribution is 0.0568. The largest absolute Gasteiger partial charge is 0.414 e. The number of hydrogen-bond donors (Lipinski definition) is 0. The molecule has 5 unspecified atom stereocenters. The molecular weight excluding hydrogens is 587 g/mol. The molecule has 4 aliphatic rings. The zero-order valence-corrected chi connectivity index (χ0v) is 31.2. The maximum atomic E-state index is 15.0. The summed E-state index contributed by atoms with van der Waals surface area (Å²) in [6.45, 7) is 16.8. The highest BCUT2D eigenvalue weighted by molar-refractivity contribution is 7.78. The number of methoxy groups -OCH3 is 1. The van der Waals surface area contributed by atoms with Crippen LogP contribution in [0, 0.1) is 34.5 Å². The van der Waals surface area contributed by atoms with Crippen LogP contribution >= 0.6 is 7.14 Å². The maximum absolute atomic E-state index is 15.0. The summed E-state index contributed by atoms with van der Waals surface area (Å²) in [6.07, 6.45) is 13.8. The van der Waals surface area contributed by atoms with Gasteiger partial charge in [-0.05, 0) is 98.6 Å². The van der Waals surface area contributed by atoms with E-state index in [0.29, 0.717) is 23.9 Å². The number of ether oxygens (including phenoxy) is 1. The van der Waals surface area contributed by atoms with Gasteiger partial charge in [-0.1, -0.05) is 107 Å². The number of benzene rings is 2. The predicted molar refractivity (Wildman–Crippen MR) is 193 cm³/mol. The van der Waals surface area contributed by atoms with E-state index in [-0.39, 0.29) is 22.0 Å². The van der Waals surface area contributed by atoms with Crippen molar-refractivity contribution < 1.29 is 13.7 Å². The van der Waals surface area contributed by atoms with Crippen LogP contribution in [0.2, 0.25) is 18.1 Å². The molecule has 5 heteroatoms. The first-order chi connectivity index (χ1) is 21.2. The highest BCUT2D eigenvalue weighted by Gasteiger charge is 2.65. The Bertz CT molecular complexity index is 1370.